The van der Waals surface area contributed by atoms with Crippen molar-refractivity contribution in [1.29, 1.82) is 0 Å². The minimum Gasteiger partial charge on any atom is -0.369 e. The molecular formula is C18H24N2O2S. The van der Waals surface area contributed by atoms with E-state index >= 15 is 0 Å². The number of rotatable bonds is 4. The molecule has 3 rings (SSSR count). The van der Waals surface area contributed by atoms with Gasteiger partial charge in [-0.15, -0.1) is 11.8 Å². The minimum atomic E-state index is -0.301. The lowest BCUT2D eigenvalue weighted by atomic mass is 10.1. The zero-order chi connectivity index (χ0) is 16.4. The molecule has 0 aromatic heterocycles. The number of carbonyl (C=O) groups is 2. The van der Waals surface area contributed by atoms with Crippen molar-refractivity contribution < 1.29 is 9.59 Å². The molecule has 1 atom stereocenters. The third kappa shape index (κ3) is 3.71. The predicted octanol–water partition coefficient (Wildman–Crippen LogP) is 2.98. The van der Waals surface area contributed by atoms with Gasteiger partial charge in [0.2, 0.25) is 5.91 Å². The molecule has 1 aromatic rings. The van der Waals surface area contributed by atoms with Crippen molar-refractivity contribution in [2.24, 2.45) is 11.7 Å². The summed E-state index contributed by atoms with van der Waals surface area (Å²) >= 11 is 1.84. The number of thioether (sulfide) groups is 1. The molecule has 0 bridgehead atoms. The Hall–Kier alpha value is -1.49. The van der Waals surface area contributed by atoms with Crippen LogP contribution in [0.1, 0.15) is 48.0 Å². The van der Waals surface area contributed by atoms with E-state index in [1.165, 1.54) is 25.7 Å². The van der Waals surface area contributed by atoms with Crippen LogP contribution in [0.15, 0.2) is 23.1 Å². The number of amides is 2. The Morgan fingerprint density at radius 2 is 1.96 bits per heavy atom. The van der Waals surface area contributed by atoms with Crippen molar-refractivity contribution in [2.45, 2.75) is 49.2 Å². The summed E-state index contributed by atoms with van der Waals surface area (Å²) < 4.78 is 0. The van der Waals surface area contributed by atoms with E-state index in [2.05, 4.69) is 12.1 Å². The van der Waals surface area contributed by atoms with E-state index < -0.39 is 0 Å². The Kier molecular flexibility index (Phi) is 4.95. The van der Waals surface area contributed by atoms with Gasteiger partial charge in [-0.2, -0.15) is 0 Å². The average molecular weight is 332 g/mol. The van der Waals surface area contributed by atoms with E-state index in [4.69, 9.17) is 5.73 Å². The number of carbonyl (C=O) groups excluding carboxylic acids is 2. The second kappa shape index (κ2) is 6.95. The fraction of sp³-hybridized carbons (Fsp3) is 0.556. The molecule has 5 heteroatoms. The van der Waals surface area contributed by atoms with Crippen LogP contribution in [0.2, 0.25) is 0 Å². The number of aryl methyl sites for hydroxylation is 1. The maximum Gasteiger partial charge on any atom is 0.255 e. The van der Waals surface area contributed by atoms with Gasteiger partial charge in [-0.1, -0.05) is 24.5 Å². The van der Waals surface area contributed by atoms with Crippen molar-refractivity contribution in [2.75, 3.05) is 13.1 Å². The van der Waals surface area contributed by atoms with Crippen LogP contribution in [0.3, 0.4) is 0 Å². The molecule has 1 aliphatic carbocycles. The zero-order valence-corrected chi connectivity index (χ0v) is 14.4. The number of hydrogen-bond donors (Lipinski definition) is 1. The zero-order valence-electron chi connectivity index (χ0n) is 13.6. The SMILES string of the molecule is Cc1ccc(SC2CCCC2)c(C(=O)N2CC[C@@H](C(N)=O)C2)c1. The molecule has 0 unspecified atom stereocenters. The second-order valence-corrected chi connectivity index (χ2v) is 8.01. The molecular weight excluding hydrogens is 308 g/mol. The Morgan fingerprint density at radius 3 is 2.61 bits per heavy atom. The Labute approximate surface area is 141 Å². The first-order chi connectivity index (χ1) is 11.0. The Balaban J connectivity index is 1.78. The standard InChI is InChI=1S/C18H24N2O2S/c1-12-6-7-16(23-14-4-2-3-5-14)15(10-12)18(22)20-9-8-13(11-20)17(19)21/h6-7,10,13-14H,2-5,8-9,11H2,1H3,(H2,19,21)/t13-/m1/s1. The number of hydrogen-bond acceptors (Lipinski definition) is 3. The fourth-order valence-electron chi connectivity index (χ4n) is 3.45. The van der Waals surface area contributed by atoms with Crippen LogP contribution in [0.4, 0.5) is 0 Å². The average Bonchev–Trinajstić information content (AvgIpc) is 3.19. The summed E-state index contributed by atoms with van der Waals surface area (Å²) in [4.78, 5) is 27.1. The van der Waals surface area contributed by atoms with Crippen LogP contribution in [0, 0.1) is 12.8 Å². The quantitative estimate of drug-likeness (QED) is 0.922. The Bertz CT molecular complexity index is 611. The van der Waals surface area contributed by atoms with Crippen LogP contribution < -0.4 is 5.73 Å². The lowest BCUT2D eigenvalue weighted by Crippen LogP contribution is -2.32. The summed E-state index contributed by atoms with van der Waals surface area (Å²) in [7, 11) is 0. The van der Waals surface area contributed by atoms with E-state index in [9.17, 15) is 9.59 Å². The molecule has 1 heterocycles. The molecule has 0 radical (unpaired) electrons. The number of nitrogens with zero attached hydrogens (tertiary/aromatic N) is 1. The minimum absolute atomic E-state index is 0.0398. The fourth-order valence-corrected chi connectivity index (χ4v) is 4.79. The van der Waals surface area contributed by atoms with Crippen molar-refractivity contribution in [3.63, 3.8) is 0 Å². The molecule has 2 amide bonds. The van der Waals surface area contributed by atoms with Crippen molar-refractivity contribution in [3.05, 3.63) is 29.3 Å². The lowest BCUT2D eigenvalue weighted by molar-refractivity contribution is -0.121. The van der Waals surface area contributed by atoms with Crippen LogP contribution in [-0.4, -0.2) is 35.1 Å². The normalized spacial score (nSPS) is 21.8. The van der Waals surface area contributed by atoms with Gasteiger partial charge >= 0.3 is 0 Å². The van der Waals surface area contributed by atoms with E-state index in [0.29, 0.717) is 24.8 Å². The van der Waals surface area contributed by atoms with Crippen LogP contribution in [0.25, 0.3) is 0 Å². The first kappa shape index (κ1) is 16.4. The first-order valence-corrected chi connectivity index (χ1v) is 9.28. The Morgan fingerprint density at radius 1 is 1.22 bits per heavy atom. The predicted molar refractivity (Wildman–Crippen MR) is 92.5 cm³/mol. The summed E-state index contributed by atoms with van der Waals surface area (Å²) in [6.07, 6.45) is 5.73. The summed E-state index contributed by atoms with van der Waals surface area (Å²) in [5, 5.41) is 0.626. The van der Waals surface area contributed by atoms with Crippen molar-refractivity contribution in [3.8, 4) is 0 Å². The van der Waals surface area contributed by atoms with Gasteiger partial charge in [0.1, 0.15) is 0 Å². The molecule has 2 aliphatic rings. The molecule has 1 aliphatic heterocycles. The largest absolute Gasteiger partial charge is 0.369 e. The van der Waals surface area contributed by atoms with E-state index in [-0.39, 0.29) is 17.7 Å². The van der Waals surface area contributed by atoms with Crippen molar-refractivity contribution >= 4 is 23.6 Å². The van der Waals surface area contributed by atoms with Gasteiger partial charge in [0.25, 0.3) is 5.91 Å². The molecule has 1 aromatic carbocycles. The molecule has 0 spiro atoms. The third-order valence-corrected chi connectivity index (χ3v) is 6.25. The topological polar surface area (TPSA) is 63.4 Å². The van der Waals surface area contributed by atoms with Gasteiger partial charge < -0.3 is 10.6 Å². The maximum atomic E-state index is 12.9. The molecule has 1 saturated carbocycles. The van der Waals surface area contributed by atoms with Crippen LogP contribution in [-0.2, 0) is 4.79 Å². The van der Waals surface area contributed by atoms with Crippen molar-refractivity contribution in [1.82, 2.24) is 4.90 Å². The highest BCUT2D eigenvalue weighted by molar-refractivity contribution is 8.00. The third-order valence-electron chi connectivity index (χ3n) is 4.84. The summed E-state index contributed by atoms with van der Waals surface area (Å²) in [6.45, 7) is 3.08. The van der Waals surface area contributed by atoms with Gasteiger partial charge in [-0.3, -0.25) is 9.59 Å². The number of nitrogens with two attached hydrogens (primary N) is 1. The maximum absolute atomic E-state index is 12.9. The molecule has 2 N–H and O–H groups in total. The van der Waals surface area contributed by atoms with Gasteiger partial charge in [0.05, 0.1) is 11.5 Å². The first-order valence-electron chi connectivity index (χ1n) is 8.40. The molecule has 1 saturated heterocycles. The number of benzene rings is 1. The van der Waals surface area contributed by atoms with Crippen LogP contribution in [0.5, 0.6) is 0 Å². The van der Waals surface area contributed by atoms with Gasteiger partial charge in [-0.25, -0.2) is 0 Å². The van der Waals surface area contributed by atoms with E-state index in [1.807, 2.05) is 24.8 Å². The van der Waals surface area contributed by atoms with Gasteiger partial charge in [0.15, 0.2) is 0 Å². The lowest BCUT2D eigenvalue weighted by Gasteiger charge is -2.19. The summed E-state index contributed by atoms with van der Waals surface area (Å²) in [5.74, 6) is -0.460. The molecule has 23 heavy (non-hydrogen) atoms. The second-order valence-electron chi connectivity index (χ2n) is 6.66. The number of primary amides is 1. The smallest absolute Gasteiger partial charge is 0.255 e. The summed E-state index contributed by atoms with van der Waals surface area (Å²) in [6, 6.07) is 6.13. The molecule has 2 fully saturated rings. The summed E-state index contributed by atoms with van der Waals surface area (Å²) in [5.41, 5.74) is 7.26. The van der Waals surface area contributed by atoms with Gasteiger partial charge in [0, 0.05) is 23.2 Å². The highest BCUT2D eigenvalue weighted by atomic mass is 32.2. The molecule has 4 nitrogen and oxygen atoms in total. The van der Waals surface area contributed by atoms with E-state index in [1.54, 1.807) is 4.90 Å². The van der Waals surface area contributed by atoms with Gasteiger partial charge in [-0.05, 0) is 38.3 Å². The molecule has 124 valence electrons. The van der Waals surface area contributed by atoms with Crippen LogP contribution >= 0.6 is 11.8 Å². The highest BCUT2D eigenvalue weighted by Crippen LogP contribution is 2.37. The highest BCUT2D eigenvalue weighted by Gasteiger charge is 2.31. The number of likely N-dealkylation sites (tertiary alicyclic amines) is 1. The van der Waals surface area contributed by atoms with E-state index in [0.717, 1.165) is 16.0 Å². The monoisotopic (exact) mass is 332 g/mol.